The number of amides is 1. The zero-order valence-corrected chi connectivity index (χ0v) is 20.3. The number of aryl methyl sites for hydroxylation is 2. The van der Waals surface area contributed by atoms with Crippen molar-refractivity contribution in [1.29, 1.82) is 0 Å². The average Bonchev–Trinajstić information content (AvgIpc) is 2.92. The van der Waals surface area contributed by atoms with Crippen LogP contribution in [-0.2, 0) is 25.9 Å². The highest BCUT2D eigenvalue weighted by Crippen LogP contribution is 2.27. The highest BCUT2D eigenvalue weighted by atomic mass is 16.5. The Hall–Kier alpha value is -4.05. The SMILES string of the molecule is COc1ccc(CCc2cccc(OC)c2C(=O)N(Cc2ccccc2)Cc2ccccc2)cc1. The van der Waals surface area contributed by atoms with Gasteiger partial charge in [-0.3, -0.25) is 4.79 Å². The topological polar surface area (TPSA) is 38.8 Å². The molecule has 4 heteroatoms. The average molecular weight is 466 g/mol. The number of nitrogens with zero attached hydrogens (tertiary/aromatic N) is 1. The van der Waals surface area contributed by atoms with E-state index in [1.807, 2.05) is 71.6 Å². The molecule has 0 unspecified atom stereocenters. The summed E-state index contributed by atoms with van der Waals surface area (Å²) in [6, 6.07) is 34.1. The van der Waals surface area contributed by atoms with Crippen LogP contribution < -0.4 is 9.47 Å². The van der Waals surface area contributed by atoms with E-state index in [1.165, 1.54) is 5.56 Å². The van der Waals surface area contributed by atoms with Crippen LogP contribution in [0.4, 0.5) is 0 Å². The molecule has 1 amide bonds. The van der Waals surface area contributed by atoms with Crippen LogP contribution >= 0.6 is 0 Å². The summed E-state index contributed by atoms with van der Waals surface area (Å²) in [6.07, 6.45) is 1.55. The van der Waals surface area contributed by atoms with Gasteiger partial charge in [-0.15, -0.1) is 0 Å². The molecule has 4 aromatic rings. The van der Waals surface area contributed by atoms with Crippen molar-refractivity contribution in [1.82, 2.24) is 4.90 Å². The molecule has 0 atom stereocenters. The van der Waals surface area contributed by atoms with Gasteiger partial charge in [0, 0.05) is 13.1 Å². The second-order valence-electron chi connectivity index (χ2n) is 8.47. The third kappa shape index (κ3) is 6.30. The molecule has 0 aliphatic carbocycles. The third-order valence-electron chi connectivity index (χ3n) is 6.11. The highest BCUT2D eigenvalue weighted by molar-refractivity contribution is 5.98. The van der Waals surface area contributed by atoms with Gasteiger partial charge in [-0.1, -0.05) is 84.9 Å². The predicted molar refractivity (Wildman–Crippen MR) is 140 cm³/mol. The second-order valence-corrected chi connectivity index (χ2v) is 8.47. The van der Waals surface area contributed by atoms with Gasteiger partial charge < -0.3 is 14.4 Å². The van der Waals surface area contributed by atoms with Crippen molar-refractivity contribution in [2.24, 2.45) is 0 Å². The number of rotatable bonds is 10. The van der Waals surface area contributed by atoms with Crippen LogP contribution in [0.1, 0.15) is 32.6 Å². The molecule has 0 fully saturated rings. The molecule has 4 nitrogen and oxygen atoms in total. The summed E-state index contributed by atoms with van der Waals surface area (Å²) >= 11 is 0. The molecular formula is C31H31NO3. The van der Waals surface area contributed by atoms with E-state index in [0.717, 1.165) is 35.3 Å². The lowest BCUT2D eigenvalue weighted by Crippen LogP contribution is -2.31. The maximum absolute atomic E-state index is 14.1. The van der Waals surface area contributed by atoms with Crippen LogP contribution in [0.5, 0.6) is 11.5 Å². The second kappa shape index (κ2) is 11.9. The van der Waals surface area contributed by atoms with Gasteiger partial charge in [-0.2, -0.15) is 0 Å². The fraction of sp³-hybridized carbons (Fsp3) is 0.194. The van der Waals surface area contributed by atoms with Crippen LogP contribution in [0.15, 0.2) is 103 Å². The minimum Gasteiger partial charge on any atom is -0.497 e. The number of ether oxygens (including phenoxy) is 2. The lowest BCUT2D eigenvalue weighted by molar-refractivity contribution is 0.0725. The monoisotopic (exact) mass is 465 g/mol. The van der Waals surface area contributed by atoms with Crippen molar-refractivity contribution in [3.8, 4) is 11.5 Å². The molecule has 35 heavy (non-hydrogen) atoms. The Morgan fingerprint density at radius 2 is 1.23 bits per heavy atom. The molecule has 0 saturated heterocycles. The molecular weight excluding hydrogens is 434 g/mol. The van der Waals surface area contributed by atoms with E-state index >= 15 is 0 Å². The number of hydrogen-bond acceptors (Lipinski definition) is 3. The van der Waals surface area contributed by atoms with E-state index in [4.69, 9.17) is 9.47 Å². The van der Waals surface area contributed by atoms with E-state index in [-0.39, 0.29) is 5.91 Å². The van der Waals surface area contributed by atoms with Gasteiger partial charge >= 0.3 is 0 Å². The van der Waals surface area contributed by atoms with Crippen LogP contribution in [-0.4, -0.2) is 25.0 Å². The first-order valence-corrected chi connectivity index (χ1v) is 11.8. The van der Waals surface area contributed by atoms with Gasteiger partial charge in [-0.05, 0) is 53.3 Å². The molecule has 178 valence electrons. The predicted octanol–water partition coefficient (Wildman–Crippen LogP) is 6.33. The van der Waals surface area contributed by atoms with Crippen molar-refractivity contribution < 1.29 is 14.3 Å². The molecule has 0 radical (unpaired) electrons. The van der Waals surface area contributed by atoms with E-state index in [0.29, 0.717) is 24.4 Å². The third-order valence-corrected chi connectivity index (χ3v) is 6.11. The molecule has 0 bridgehead atoms. The summed E-state index contributed by atoms with van der Waals surface area (Å²) in [5, 5.41) is 0. The Balaban J connectivity index is 1.64. The molecule has 0 aliphatic rings. The minimum atomic E-state index is -0.0279. The van der Waals surface area contributed by atoms with Crippen LogP contribution in [0.3, 0.4) is 0 Å². The summed E-state index contributed by atoms with van der Waals surface area (Å²) in [7, 11) is 3.29. The van der Waals surface area contributed by atoms with E-state index in [2.05, 4.69) is 36.4 Å². The first-order chi connectivity index (χ1) is 17.2. The lowest BCUT2D eigenvalue weighted by Gasteiger charge is -2.25. The Bertz CT molecular complexity index is 1180. The first kappa shape index (κ1) is 24.1. The smallest absolute Gasteiger partial charge is 0.258 e. The summed E-state index contributed by atoms with van der Waals surface area (Å²) < 4.78 is 10.9. The molecule has 4 rings (SSSR count). The summed E-state index contributed by atoms with van der Waals surface area (Å²) in [5.41, 5.74) is 4.99. The van der Waals surface area contributed by atoms with Crippen molar-refractivity contribution >= 4 is 5.91 Å². The van der Waals surface area contributed by atoms with Gasteiger partial charge in [-0.25, -0.2) is 0 Å². The Kier molecular flexibility index (Phi) is 8.18. The van der Waals surface area contributed by atoms with Crippen LogP contribution in [0.25, 0.3) is 0 Å². The number of carbonyl (C=O) groups is 1. The fourth-order valence-corrected chi connectivity index (χ4v) is 4.23. The van der Waals surface area contributed by atoms with E-state index < -0.39 is 0 Å². The van der Waals surface area contributed by atoms with Gasteiger partial charge in [0.05, 0.1) is 19.8 Å². The standard InChI is InChI=1S/C31H31NO3/c1-34-28-20-17-24(18-21-28)16-19-27-14-9-15-29(35-2)30(27)31(33)32(22-25-10-5-3-6-11-25)23-26-12-7-4-8-13-26/h3-15,17-18,20-21H,16,19,22-23H2,1-2H3. The highest BCUT2D eigenvalue weighted by Gasteiger charge is 2.23. The quantitative estimate of drug-likeness (QED) is 0.275. The lowest BCUT2D eigenvalue weighted by atomic mass is 9.97. The number of methoxy groups -OCH3 is 2. The maximum atomic E-state index is 14.1. The molecule has 0 saturated carbocycles. The molecule has 0 aromatic heterocycles. The van der Waals surface area contributed by atoms with Crippen molar-refractivity contribution in [2.45, 2.75) is 25.9 Å². The number of benzene rings is 4. The number of carbonyl (C=O) groups excluding carboxylic acids is 1. The summed E-state index contributed by atoms with van der Waals surface area (Å²) in [6.45, 7) is 1.04. The molecule has 0 spiro atoms. The molecule has 0 heterocycles. The Morgan fingerprint density at radius 1 is 0.629 bits per heavy atom. The zero-order valence-electron chi connectivity index (χ0n) is 20.3. The van der Waals surface area contributed by atoms with Crippen molar-refractivity contribution in [3.63, 3.8) is 0 Å². The van der Waals surface area contributed by atoms with Gasteiger partial charge in [0.1, 0.15) is 11.5 Å². The van der Waals surface area contributed by atoms with Gasteiger partial charge in [0.2, 0.25) is 0 Å². The van der Waals surface area contributed by atoms with Crippen LogP contribution in [0, 0.1) is 0 Å². The largest absolute Gasteiger partial charge is 0.497 e. The Labute approximate surface area is 207 Å². The van der Waals surface area contributed by atoms with E-state index in [1.54, 1.807) is 14.2 Å². The minimum absolute atomic E-state index is 0.0279. The zero-order chi connectivity index (χ0) is 24.5. The summed E-state index contributed by atoms with van der Waals surface area (Å²) in [5.74, 6) is 1.41. The normalized spacial score (nSPS) is 10.6. The maximum Gasteiger partial charge on any atom is 0.258 e. The molecule has 0 aliphatic heterocycles. The Morgan fingerprint density at radius 3 is 1.77 bits per heavy atom. The van der Waals surface area contributed by atoms with Crippen molar-refractivity contribution in [2.75, 3.05) is 14.2 Å². The molecule has 4 aromatic carbocycles. The van der Waals surface area contributed by atoms with Gasteiger partial charge in [0.15, 0.2) is 0 Å². The van der Waals surface area contributed by atoms with E-state index in [9.17, 15) is 4.79 Å². The van der Waals surface area contributed by atoms with Gasteiger partial charge in [0.25, 0.3) is 5.91 Å². The molecule has 0 N–H and O–H groups in total. The number of hydrogen-bond donors (Lipinski definition) is 0. The first-order valence-electron chi connectivity index (χ1n) is 11.8. The fourth-order valence-electron chi connectivity index (χ4n) is 4.23. The summed E-state index contributed by atoms with van der Waals surface area (Å²) in [4.78, 5) is 16.0. The van der Waals surface area contributed by atoms with Crippen LogP contribution in [0.2, 0.25) is 0 Å². The van der Waals surface area contributed by atoms with Crippen molar-refractivity contribution in [3.05, 3.63) is 131 Å².